The Hall–Kier alpha value is -5.26. The lowest BCUT2D eigenvalue weighted by Gasteiger charge is -2.47. The maximum Gasteiger partial charge on any atom is 0.328 e. The van der Waals surface area contributed by atoms with Crippen LogP contribution in [-0.2, 0) is 28.5 Å². The number of methoxy groups -OCH3 is 1. The Labute approximate surface area is 353 Å². The minimum atomic E-state index is -1.88. The second-order valence-corrected chi connectivity index (χ2v) is 15.5. The third kappa shape index (κ3) is 7.34. The number of hydrogen-bond donors (Lipinski definition) is 10. The van der Waals surface area contributed by atoms with Gasteiger partial charge in [-0.1, -0.05) is 6.07 Å². The second-order valence-electron chi connectivity index (χ2n) is 15.5. The quantitative estimate of drug-likeness (QED) is 0.0928. The SMILES string of the molecule is CCOC(=O)C(C)NC(=O)c1c(C)cc2c(c1O)-c1c(cc3c(c1O)C(=O)c1cc(OC)cc(O)c1C3=O)C(O)C2O[C@@H]1O[C@H](C)[C@H](NC)[C@H](O[C@@H]2OC[C@@H](O)[C@H](O)[C@H]2O)[C@H]1O. The molecule has 62 heavy (non-hydrogen) atoms. The number of amides is 1. The van der Waals surface area contributed by atoms with Crippen LogP contribution in [0.3, 0.4) is 0 Å². The lowest BCUT2D eigenvalue weighted by atomic mass is 9.74. The van der Waals surface area contributed by atoms with Crippen molar-refractivity contribution in [3.05, 3.63) is 68.8 Å². The van der Waals surface area contributed by atoms with Crippen molar-refractivity contribution in [3.63, 3.8) is 0 Å². The zero-order valence-corrected chi connectivity index (χ0v) is 34.3. The van der Waals surface area contributed by atoms with Gasteiger partial charge in [0.05, 0.1) is 49.2 Å². The number of likely N-dealkylation sites (N-methyl/N-ethyl adjacent to an activating group) is 1. The minimum absolute atomic E-state index is 0.0224. The highest BCUT2D eigenvalue weighted by atomic mass is 16.7. The number of phenols is 3. The van der Waals surface area contributed by atoms with E-state index in [0.717, 1.165) is 12.1 Å². The number of rotatable bonds is 10. The summed E-state index contributed by atoms with van der Waals surface area (Å²) < 4.78 is 34.1. The Kier molecular flexibility index (Phi) is 12.4. The highest BCUT2D eigenvalue weighted by molar-refractivity contribution is 6.31. The van der Waals surface area contributed by atoms with E-state index in [9.17, 15) is 60.0 Å². The van der Waals surface area contributed by atoms with Gasteiger partial charge in [-0.25, -0.2) is 4.79 Å². The molecule has 20 nitrogen and oxygen atoms in total. The summed E-state index contributed by atoms with van der Waals surface area (Å²) in [5, 5.41) is 95.5. The summed E-state index contributed by atoms with van der Waals surface area (Å²) in [6.07, 6.45) is -15.4. The first-order valence-electron chi connectivity index (χ1n) is 19.8. The average Bonchev–Trinajstić information content (AvgIpc) is 3.22. The fourth-order valence-electron chi connectivity index (χ4n) is 8.56. The number of aliphatic hydroxyl groups excluding tert-OH is 5. The summed E-state index contributed by atoms with van der Waals surface area (Å²) in [6.45, 7) is 5.60. The number of carbonyl (C=O) groups excluding carboxylic acids is 4. The van der Waals surface area contributed by atoms with E-state index in [4.69, 9.17) is 28.4 Å². The summed E-state index contributed by atoms with van der Waals surface area (Å²) in [5.74, 6) is -5.78. The number of nitrogens with one attached hydrogen (secondary N) is 2. The van der Waals surface area contributed by atoms with Gasteiger partial charge in [-0.15, -0.1) is 0 Å². The minimum Gasteiger partial charge on any atom is -0.507 e. The third-order valence-corrected chi connectivity index (χ3v) is 11.7. The number of aromatic hydroxyl groups is 3. The Bertz CT molecular complexity index is 2320. The number of fused-ring (bicyclic) bond motifs is 5. The standard InChI is InChI=1S/C42H48N2O18/c1-7-58-40(56)14(3)44-39(55)23-13(2)8-20-26(33(23)51)25-18(11-19-27(34(25)52)30(48)17-9-16(57-6)10-21(45)24(17)29(19)47)31(49)37(20)61-42-36(54)38(28(43-5)15(4)60-42)62-41-35(53)32(50)22(46)12-59-41/h8-11,14-15,22,28,31-32,35-38,41-43,45-46,49-54H,7,12H2,1-6H3,(H,44,55)/t14?,15-,22-,28+,31?,32+,35-,36-,37?,38+,41+,42+/m1/s1. The van der Waals surface area contributed by atoms with Crippen LogP contribution in [0.5, 0.6) is 23.0 Å². The summed E-state index contributed by atoms with van der Waals surface area (Å²) in [4.78, 5) is 54.5. The summed E-state index contributed by atoms with van der Waals surface area (Å²) >= 11 is 0. The average molecular weight is 869 g/mol. The molecule has 0 aromatic heterocycles. The molecular formula is C42H48N2O18. The van der Waals surface area contributed by atoms with Gasteiger partial charge in [0.15, 0.2) is 24.1 Å². The van der Waals surface area contributed by atoms with Crippen molar-refractivity contribution in [3.8, 4) is 34.1 Å². The number of ether oxygens (including phenoxy) is 6. The molecule has 1 amide bonds. The van der Waals surface area contributed by atoms with E-state index >= 15 is 0 Å². The van der Waals surface area contributed by atoms with Gasteiger partial charge in [0.2, 0.25) is 0 Å². The lowest BCUT2D eigenvalue weighted by molar-refractivity contribution is -0.339. The van der Waals surface area contributed by atoms with Crippen molar-refractivity contribution in [2.24, 2.45) is 0 Å². The number of aryl methyl sites for hydroxylation is 1. The molecule has 0 saturated carbocycles. The van der Waals surface area contributed by atoms with Crippen LogP contribution in [0.4, 0.5) is 0 Å². The van der Waals surface area contributed by atoms with Crippen LogP contribution in [0.1, 0.15) is 91.9 Å². The van der Waals surface area contributed by atoms with Crippen LogP contribution in [0.25, 0.3) is 11.1 Å². The molecule has 7 rings (SSSR count). The van der Waals surface area contributed by atoms with Crippen molar-refractivity contribution < 1.29 is 88.5 Å². The highest BCUT2D eigenvalue weighted by Gasteiger charge is 2.51. The Morgan fingerprint density at radius 3 is 2.18 bits per heavy atom. The van der Waals surface area contributed by atoms with E-state index in [1.807, 2.05) is 0 Å². The molecule has 0 bridgehead atoms. The first kappa shape index (κ1) is 44.8. The maximum atomic E-state index is 14.2. The van der Waals surface area contributed by atoms with Gasteiger partial charge in [0.25, 0.3) is 5.91 Å². The summed E-state index contributed by atoms with van der Waals surface area (Å²) in [6, 6.07) is 2.78. The monoisotopic (exact) mass is 868 g/mol. The van der Waals surface area contributed by atoms with E-state index in [2.05, 4.69) is 10.6 Å². The number of hydrogen-bond acceptors (Lipinski definition) is 19. The Balaban J connectivity index is 1.36. The number of carbonyl (C=O) groups is 4. The zero-order chi connectivity index (χ0) is 45.2. The smallest absolute Gasteiger partial charge is 0.328 e. The number of phenolic OH excluding ortho intramolecular Hbond substituents is 3. The van der Waals surface area contributed by atoms with Crippen LogP contribution in [0.2, 0.25) is 0 Å². The van der Waals surface area contributed by atoms with Crippen LogP contribution in [-0.4, -0.2) is 153 Å². The molecule has 2 aliphatic heterocycles. The summed E-state index contributed by atoms with van der Waals surface area (Å²) in [5.41, 5.74) is -3.06. The first-order chi connectivity index (χ1) is 29.4. The number of esters is 1. The topological polar surface area (TPSA) is 310 Å². The van der Waals surface area contributed by atoms with Crippen molar-refractivity contribution in [2.75, 3.05) is 27.4 Å². The van der Waals surface area contributed by atoms with Gasteiger partial charge in [-0.3, -0.25) is 14.4 Å². The molecule has 2 aliphatic carbocycles. The molecule has 2 fully saturated rings. The number of aliphatic hydroxyl groups is 5. The molecule has 0 radical (unpaired) electrons. The van der Waals surface area contributed by atoms with Gasteiger partial charge in [-0.05, 0) is 63.6 Å². The van der Waals surface area contributed by atoms with E-state index in [-0.39, 0.29) is 51.3 Å². The Morgan fingerprint density at radius 1 is 0.855 bits per heavy atom. The molecule has 3 aromatic rings. The van der Waals surface area contributed by atoms with E-state index in [1.54, 1.807) is 20.9 Å². The van der Waals surface area contributed by atoms with Gasteiger partial charge in [0, 0.05) is 28.3 Å². The van der Waals surface area contributed by atoms with Crippen LogP contribution >= 0.6 is 0 Å². The van der Waals surface area contributed by atoms with Gasteiger partial charge >= 0.3 is 5.97 Å². The molecule has 3 unspecified atom stereocenters. The van der Waals surface area contributed by atoms with Crippen LogP contribution in [0.15, 0.2) is 24.3 Å². The van der Waals surface area contributed by atoms with E-state index < -0.39 is 137 Å². The predicted octanol–water partition coefficient (Wildman–Crippen LogP) is -0.133. The molecular weight excluding hydrogens is 820 g/mol. The van der Waals surface area contributed by atoms with Crippen LogP contribution in [0, 0.1) is 6.92 Å². The number of benzene rings is 3. The van der Waals surface area contributed by atoms with Gasteiger partial charge in [0.1, 0.15) is 71.8 Å². The molecule has 3 aromatic carbocycles. The van der Waals surface area contributed by atoms with Gasteiger partial charge < -0.3 is 79.9 Å². The predicted molar refractivity (Wildman–Crippen MR) is 210 cm³/mol. The molecule has 12 atom stereocenters. The maximum absolute atomic E-state index is 14.2. The second kappa shape index (κ2) is 17.1. The van der Waals surface area contributed by atoms with Gasteiger partial charge in [-0.2, -0.15) is 0 Å². The zero-order valence-electron chi connectivity index (χ0n) is 34.3. The van der Waals surface area contributed by atoms with Crippen molar-refractivity contribution >= 4 is 23.4 Å². The Morgan fingerprint density at radius 2 is 1.52 bits per heavy atom. The molecule has 334 valence electrons. The first-order valence-corrected chi connectivity index (χ1v) is 19.8. The lowest BCUT2D eigenvalue weighted by Crippen LogP contribution is -2.65. The molecule has 2 saturated heterocycles. The number of ketones is 2. The van der Waals surface area contributed by atoms with Crippen molar-refractivity contribution in [1.29, 1.82) is 0 Å². The largest absolute Gasteiger partial charge is 0.507 e. The molecule has 20 heteroatoms. The summed E-state index contributed by atoms with van der Waals surface area (Å²) in [7, 11) is 2.82. The van der Waals surface area contributed by atoms with E-state index in [0.29, 0.717) is 0 Å². The molecule has 0 spiro atoms. The van der Waals surface area contributed by atoms with Crippen molar-refractivity contribution in [2.45, 2.75) is 101 Å². The fraction of sp³-hybridized carbons (Fsp3) is 0.476. The van der Waals surface area contributed by atoms with Crippen LogP contribution < -0.4 is 15.4 Å². The fourth-order valence-corrected chi connectivity index (χ4v) is 8.56. The third-order valence-electron chi connectivity index (χ3n) is 11.7. The highest BCUT2D eigenvalue weighted by Crippen LogP contribution is 2.57. The van der Waals surface area contributed by atoms with E-state index in [1.165, 1.54) is 33.1 Å². The molecule has 4 aliphatic rings. The normalized spacial score (nSPS) is 29.4. The molecule has 10 N–H and O–H groups in total. The molecule has 2 heterocycles. The van der Waals surface area contributed by atoms with Crippen molar-refractivity contribution in [1.82, 2.24) is 10.6 Å².